The Hall–Kier alpha value is -1.48. The lowest BCUT2D eigenvalue weighted by Gasteiger charge is -2.25. The van der Waals surface area contributed by atoms with Crippen LogP contribution in [0.15, 0.2) is 36.9 Å². The van der Waals surface area contributed by atoms with Gasteiger partial charge >= 0.3 is 0 Å². The Kier molecular flexibility index (Phi) is 6.61. The van der Waals surface area contributed by atoms with E-state index in [1.54, 1.807) is 0 Å². The molecule has 0 atom stereocenters. The van der Waals surface area contributed by atoms with E-state index in [9.17, 15) is 0 Å². The highest BCUT2D eigenvalue weighted by Crippen LogP contribution is 2.31. The van der Waals surface area contributed by atoms with Gasteiger partial charge in [-0.05, 0) is 68.6 Å². The molecule has 1 aromatic carbocycles. The van der Waals surface area contributed by atoms with Crippen molar-refractivity contribution in [3.63, 3.8) is 0 Å². The molecular weight excluding hydrogens is 252 g/mol. The normalized spacial score (nSPS) is 21.4. The minimum absolute atomic E-state index is 0.611. The summed E-state index contributed by atoms with van der Waals surface area (Å²) in [5.41, 5.74) is 2.59. The van der Waals surface area contributed by atoms with Gasteiger partial charge in [-0.3, -0.25) is 0 Å². The Morgan fingerprint density at radius 3 is 2.48 bits per heavy atom. The summed E-state index contributed by atoms with van der Waals surface area (Å²) in [4.78, 5) is 0. The Balaban J connectivity index is 1.82. The zero-order chi connectivity index (χ0) is 14.9. The van der Waals surface area contributed by atoms with Gasteiger partial charge in [-0.25, -0.2) is 0 Å². The predicted octanol–water partition coefficient (Wildman–Crippen LogP) is 5.76. The second-order valence-electron chi connectivity index (χ2n) is 6.30. The average Bonchev–Trinajstić information content (AvgIpc) is 2.53. The molecule has 0 nitrogen and oxygen atoms in total. The van der Waals surface area contributed by atoms with Crippen molar-refractivity contribution >= 4 is 0 Å². The highest BCUT2D eigenvalue weighted by atomic mass is 14.2. The highest BCUT2D eigenvalue weighted by molar-refractivity contribution is 5.36. The molecule has 0 aromatic heterocycles. The van der Waals surface area contributed by atoms with E-state index in [0.717, 1.165) is 5.92 Å². The standard InChI is InChI=1S/C21H28/c1-3-5-7-19-10-14-21(15-11-19)17-16-20-12-8-18(6-4-2)9-13-20/h3,8-9,12-13,19,21H,1,4-7,10-11,14-15H2,2H3/t19-,21-. The molecular formula is C21H28. The van der Waals surface area contributed by atoms with Crippen molar-refractivity contribution < 1.29 is 0 Å². The molecule has 0 heteroatoms. The first-order valence-corrected chi connectivity index (χ1v) is 8.53. The van der Waals surface area contributed by atoms with Crippen molar-refractivity contribution in [3.05, 3.63) is 48.0 Å². The summed E-state index contributed by atoms with van der Waals surface area (Å²) < 4.78 is 0. The van der Waals surface area contributed by atoms with Crippen molar-refractivity contribution in [2.24, 2.45) is 11.8 Å². The molecule has 0 saturated heterocycles. The molecule has 0 spiro atoms. The maximum absolute atomic E-state index is 3.82. The fourth-order valence-corrected chi connectivity index (χ4v) is 3.18. The van der Waals surface area contributed by atoms with E-state index in [4.69, 9.17) is 0 Å². The number of hydrogen-bond acceptors (Lipinski definition) is 0. The molecule has 0 unspecified atom stereocenters. The van der Waals surface area contributed by atoms with Crippen LogP contribution in [0.2, 0.25) is 0 Å². The molecule has 2 rings (SSSR count). The van der Waals surface area contributed by atoms with Gasteiger partial charge in [0.2, 0.25) is 0 Å². The van der Waals surface area contributed by atoms with Crippen LogP contribution in [0.1, 0.15) is 63.0 Å². The lowest BCUT2D eigenvalue weighted by atomic mass is 9.80. The van der Waals surface area contributed by atoms with Crippen LogP contribution >= 0.6 is 0 Å². The first-order chi connectivity index (χ1) is 10.3. The van der Waals surface area contributed by atoms with Gasteiger partial charge < -0.3 is 0 Å². The minimum Gasteiger partial charge on any atom is -0.103 e. The molecule has 1 aliphatic rings. The fraction of sp³-hybridized carbons (Fsp3) is 0.524. The van der Waals surface area contributed by atoms with Gasteiger partial charge in [0.25, 0.3) is 0 Å². The van der Waals surface area contributed by atoms with Crippen LogP contribution in [0, 0.1) is 23.7 Å². The molecule has 1 fully saturated rings. The quantitative estimate of drug-likeness (QED) is 0.475. The first kappa shape index (κ1) is 15.9. The van der Waals surface area contributed by atoms with Gasteiger partial charge in [0.15, 0.2) is 0 Å². The Morgan fingerprint density at radius 2 is 1.86 bits per heavy atom. The monoisotopic (exact) mass is 280 g/mol. The Bertz CT molecular complexity index is 475. The van der Waals surface area contributed by atoms with Crippen molar-refractivity contribution in [1.29, 1.82) is 0 Å². The van der Waals surface area contributed by atoms with Crippen LogP contribution < -0.4 is 0 Å². The maximum atomic E-state index is 3.82. The molecule has 1 saturated carbocycles. The van der Waals surface area contributed by atoms with E-state index in [0.29, 0.717) is 5.92 Å². The molecule has 0 N–H and O–H groups in total. The molecule has 0 amide bonds. The third kappa shape index (κ3) is 5.43. The Morgan fingerprint density at radius 1 is 1.14 bits per heavy atom. The van der Waals surface area contributed by atoms with Crippen LogP contribution in [0.5, 0.6) is 0 Å². The van der Waals surface area contributed by atoms with E-state index < -0.39 is 0 Å². The highest BCUT2D eigenvalue weighted by Gasteiger charge is 2.18. The lowest BCUT2D eigenvalue weighted by Crippen LogP contribution is -2.13. The average molecular weight is 280 g/mol. The summed E-state index contributed by atoms with van der Waals surface area (Å²) >= 11 is 0. The molecule has 1 aromatic rings. The summed E-state index contributed by atoms with van der Waals surface area (Å²) in [6, 6.07) is 8.79. The van der Waals surface area contributed by atoms with Gasteiger partial charge in [0.05, 0.1) is 0 Å². The lowest BCUT2D eigenvalue weighted by molar-refractivity contribution is 0.303. The number of rotatable bonds is 5. The topological polar surface area (TPSA) is 0 Å². The summed E-state index contributed by atoms with van der Waals surface area (Å²) in [5, 5.41) is 0. The molecule has 0 bridgehead atoms. The first-order valence-electron chi connectivity index (χ1n) is 8.53. The molecule has 112 valence electrons. The zero-order valence-corrected chi connectivity index (χ0v) is 13.4. The molecule has 21 heavy (non-hydrogen) atoms. The molecule has 0 radical (unpaired) electrons. The van der Waals surface area contributed by atoms with Crippen molar-refractivity contribution in [2.45, 2.75) is 58.3 Å². The van der Waals surface area contributed by atoms with Gasteiger partial charge in [0, 0.05) is 11.5 Å². The van der Waals surface area contributed by atoms with E-state index >= 15 is 0 Å². The number of benzene rings is 1. The third-order valence-electron chi connectivity index (χ3n) is 4.54. The minimum atomic E-state index is 0.611. The van der Waals surface area contributed by atoms with Crippen LogP contribution in [0.4, 0.5) is 0 Å². The summed E-state index contributed by atoms with van der Waals surface area (Å²) in [7, 11) is 0. The SMILES string of the molecule is C=CCC[C@H]1CC[C@H](C#Cc2ccc(CCC)cc2)CC1. The largest absolute Gasteiger partial charge is 0.103 e. The van der Waals surface area contributed by atoms with Crippen LogP contribution in [0.25, 0.3) is 0 Å². The van der Waals surface area contributed by atoms with Gasteiger partial charge in [-0.15, -0.1) is 6.58 Å². The summed E-state index contributed by atoms with van der Waals surface area (Å²) in [6.07, 6.45) is 12.2. The Labute approximate surface area is 130 Å². The molecule has 0 heterocycles. The van der Waals surface area contributed by atoms with Gasteiger partial charge in [-0.1, -0.05) is 43.4 Å². The predicted molar refractivity (Wildman–Crippen MR) is 92.2 cm³/mol. The van der Waals surface area contributed by atoms with E-state index in [2.05, 4.69) is 49.6 Å². The van der Waals surface area contributed by atoms with Gasteiger partial charge in [0.1, 0.15) is 0 Å². The fourth-order valence-electron chi connectivity index (χ4n) is 3.18. The second-order valence-corrected chi connectivity index (χ2v) is 6.30. The summed E-state index contributed by atoms with van der Waals surface area (Å²) in [6.45, 7) is 6.04. The van der Waals surface area contributed by atoms with E-state index in [1.165, 1.54) is 62.5 Å². The second kappa shape index (κ2) is 8.73. The zero-order valence-electron chi connectivity index (χ0n) is 13.4. The van der Waals surface area contributed by atoms with Crippen molar-refractivity contribution in [2.75, 3.05) is 0 Å². The molecule has 0 aliphatic heterocycles. The third-order valence-corrected chi connectivity index (χ3v) is 4.54. The van der Waals surface area contributed by atoms with Crippen LogP contribution in [-0.2, 0) is 6.42 Å². The number of aryl methyl sites for hydroxylation is 1. The summed E-state index contributed by atoms with van der Waals surface area (Å²) in [5.74, 6) is 8.39. The van der Waals surface area contributed by atoms with E-state index in [-0.39, 0.29) is 0 Å². The number of hydrogen-bond donors (Lipinski definition) is 0. The van der Waals surface area contributed by atoms with Crippen LogP contribution in [-0.4, -0.2) is 0 Å². The van der Waals surface area contributed by atoms with Gasteiger partial charge in [-0.2, -0.15) is 0 Å². The maximum Gasteiger partial charge on any atom is 0.0245 e. The molecule has 1 aliphatic carbocycles. The van der Waals surface area contributed by atoms with Crippen molar-refractivity contribution in [3.8, 4) is 11.8 Å². The smallest absolute Gasteiger partial charge is 0.0245 e. The van der Waals surface area contributed by atoms with Crippen LogP contribution in [0.3, 0.4) is 0 Å². The van der Waals surface area contributed by atoms with Crippen molar-refractivity contribution in [1.82, 2.24) is 0 Å². The number of allylic oxidation sites excluding steroid dienone is 1. The van der Waals surface area contributed by atoms with E-state index in [1.807, 2.05) is 6.08 Å².